The van der Waals surface area contributed by atoms with Gasteiger partial charge in [0, 0.05) is 68.5 Å². The molecule has 9 nitrogen and oxygen atoms in total. The fourth-order valence-corrected chi connectivity index (χ4v) is 5.52. The van der Waals surface area contributed by atoms with Crippen LogP contribution in [0.3, 0.4) is 0 Å². The number of hydrogen-bond acceptors (Lipinski definition) is 7. The summed E-state index contributed by atoms with van der Waals surface area (Å²) in [4.78, 5) is 35.3. The SMILES string of the molecule is Cc1c(NC(=O)c2ccc(C(C)(C)C)cc2)cccc1-c1cn(C)c(=O)c(Nc2ccc(CCN3CCN(CO)CC3)cc2)n1. The second-order valence-corrected chi connectivity index (χ2v) is 12.8. The van der Waals surface area contributed by atoms with Gasteiger partial charge in [-0.25, -0.2) is 4.98 Å². The predicted octanol–water partition coefficient (Wildman–Crippen LogP) is 5.16. The first-order valence-corrected chi connectivity index (χ1v) is 15.5. The molecule has 4 aromatic rings. The van der Waals surface area contributed by atoms with Gasteiger partial charge in [0.25, 0.3) is 11.5 Å². The van der Waals surface area contributed by atoms with Crippen LogP contribution in [0, 0.1) is 6.92 Å². The number of anilines is 3. The van der Waals surface area contributed by atoms with Gasteiger partial charge in [-0.2, -0.15) is 0 Å². The number of aromatic nitrogens is 2. The molecule has 5 rings (SSSR count). The van der Waals surface area contributed by atoms with Crippen LogP contribution in [0.25, 0.3) is 11.3 Å². The minimum atomic E-state index is -0.231. The molecule has 0 atom stereocenters. The number of aliphatic hydroxyl groups is 1. The second kappa shape index (κ2) is 13.8. The van der Waals surface area contributed by atoms with E-state index in [1.54, 1.807) is 13.2 Å². The van der Waals surface area contributed by atoms with E-state index < -0.39 is 0 Å². The Bertz CT molecular complexity index is 1680. The smallest absolute Gasteiger partial charge is 0.293 e. The maximum Gasteiger partial charge on any atom is 0.293 e. The molecule has 0 saturated carbocycles. The van der Waals surface area contributed by atoms with Crippen LogP contribution in [0.4, 0.5) is 17.2 Å². The molecular weight excluding hydrogens is 564 g/mol. The Morgan fingerprint density at radius 2 is 1.60 bits per heavy atom. The van der Waals surface area contributed by atoms with Crippen molar-refractivity contribution in [1.82, 2.24) is 19.4 Å². The number of hydrogen-bond donors (Lipinski definition) is 3. The van der Waals surface area contributed by atoms with Crippen molar-refractivity contribution >= 4 is 23.1 Å². The highest BCUT2D eigenvalue weighted by Gasteiger charge is 2.18. The summed E-state index contributed by atoms with van der Waals surface area (Å²) in [5, 5.41) is 15.6. The molecule has 1 saturated heterocycles. The molecular formula is C36H44N6O3. The Morgan fingerprint density at radius 3 is 2.24 bits per heavy atom. The summed E-state index contributed by atoms with van der Waals surface area (Å²) >= 11 is 0. The molecule has 3 aromatic carbocycles. The van der Waals surface area contributed by atoms with Crippen molar-refractivity contribution < 1.29 is 9.90 Å². The van der Waals surface area contributed by atoms with Crippen LogP contribution >= 0.6 is 0 Å². The van der Waals surface area contributed by atoms with Gasteiger partial charge in [-0.15, -0.1) is 0 Å². The van der Waals surface area contributed by atoms with Gasteiger partial charge in [0.05, 0.1) is 12.4 Å². The van der Waals surface area contributed by atoms with Gasteiger partial charge in [0.2, 0.25) is 0 Å². The fraction of sp³-hybridized carbons (Fsp3) is 0.361. The van der Waals surface area contributed by atoms with Crippen LogP contribution in [-0.2, 0) is 18.9 Å². The van der Waals surface area contributed by atoms with Crippen molar-refractivity contribution in [3.8, 4) is 11.3 Å². The van der Waals surface area contributed by atoms with Crippen molar-refractivity contribution in [3.63, 3.8) is 0 Å². The molecule has 1 amide bonds. The third-order valence-electron chi connectivity index (χ3n) is 8.54. The molecule has 1 aliphatic heterocycles. The molecule has 0 bridgehead atoms. The normalized spacial score (nSPS) is 14.4. The average molecular weight is 609 g/mol. The highest BCUT2D eigenvalue weighted by molar-refractivity contribution is 6.05. The number of carbonyl (C=O) groups is 1. The van der Waals surface area contributed by atoms with E-state index in [1.165, 1.54) is 15.7 Å². The van der Waals surface area contributed by atoms with E-state index in [0.717, 1.165) is 56.0 Å². The quantitative estimate of drug-likeness (QED) is 0.241. The van der Waals surface area contributed by atoms with E-state index in [9.17, 15) is 14.7 Å². The van der Waals surface area contributed by atoms with Crippen molar-refractivity contribution in [2.75, 3.05) is 50.1 Å². The topological polar surface area (TPSA) is 103 Å². The van der Waals surface area contributed by atoms with Crippen LogP contribution in [0.2, 0.25) is 0 Å². The summed E-state index contributed by atoms with van der Waals surface area (Å²) < 4.78 is 1.52. The standard InChI is InChI=1S/C36H44N6O3/c1-25-30(7-6-8-31(25)39-34(44)27-11-13-28(14-12-27)36(2,3)4)32-23-40(5)35(45)33(38-32)37-29-15-9-26(10-16-29)17-18-41-19-21-42(24-43)22-20-41/h6-16,23,43H,17-22,24H2,1-5H3,(H,37,38)(H,39,44). The van der Waals surface area contributed by atoms with Crippen LogP contribution in [-0.4, -0.2) is 69.8 Å². The van der Waals surface area contributed by atoms with Gasteiger partial charge >= 0.3 is 0 Å². The third-order valence-corrected chi connectivity index (χ3v) is 8.54. The summed E-state index contributed by atoms with van der Waals surface area (Å²) in [6, 6.07) is 21.5. The molecule has 0 spiro atoms. The number of benzene rings is 3. The van der Waals surface area contributed by atoms with Gasteiger partial charge in [0.1, 0.15) is 0 Å². The lowest BCUT2D eigenvalue weighted by atomic mass is 9.86. The van der Waals surface area contributed by atoms with Crippen LogP contribution in [0.1, 0.15) is 47.8 Å². The lowest BCUT2D eigenvalue weighted by molar-refractivity contribution is 0.0548. The molecule has 3 N–H and O–H groups in total. The Labute approximate surface area is 265 Å². The largest absolute Gasteiger partial charge is 0.381 e. The van der Waals surface area contributed by atoms with E-state index in [-0.39, 0.29) is 29.4 Å². The molecule has 1 fully saturated rings. The maximum absolute atomic E-state index is 13.1. The zero-order chi connectivity index (χ0) is 32.1. The Morgan fingerprint density at radius 1 is 0.933 bits per heavy atom. The molecule has 1 aliphatic rings. The lowest BCUT2D eigenvalue weighted by Crippen LogP contribution is -2.47. The van der Waals surface area contributed by atoms with Gasteiger partial charge in [-0.05, 0) is 65.8 Å². The summed E-state index contributed by atoms with van der Waals surface area (Å²) in [6.45, 7) is 13.2. The van der Waals surface area contributed by atoms with Crippen LogP contribution in [0.5, 0.6) is 0 Å². The molecule has 9 heteroatoms. The van der Waals surface area contributed by atoms with E-state index in [0.29, 0.717) is 16.9 Å². The van der Waals surface area contributed by atoms with Crippen molar-refractivity contribution in [2.24, 2.45) is 7.05 Å². The number of carbonyl (C=O) groups excluding carboxylic acids is 1. The molecule has 0 radical (unpaired) electrons. The minimum Gasteiger partial charge on any atom is -0.381 e. The first-order valence-electron chi connectivity index (χ1n) is 15.5. The molecule has 1 aromatic heterocycles. The van der Waals surface area contributed by atoms with Gasteiger partial charge in [-0.1, -0.05) is 57.2 Å². The summed E-state index contributed by atoms with van der Waals surface area (Å²) in [5.74, 6) is 0.0523. The first-order chi connectivity index (χ1) is 21.5. The zero-order valence-electron chi connectivity index (χ0n) is 26.9. The van der Waals surface area contributed by atoms with E-state index in [4.69, 9.17) is 4.98 Å². The fourth-order valence-electron chi connectivity index (χ4n) is 5.52. The highest BCUT2D eigenvalue weighted by Crippen LogP contribution is 2.29. The number of nitrogens with zero attached hydrogens (tertiary/aromatic N) is 4. The van der Waals surface area contributed by atoms with E-state index in [2.05, 4.69) is 48.4 Å². The summed E-state index contributed by atoms with van der Waals surface area (Å²) in [6.07, 6.45) is 2.65. The van der Waals surface area contributed by atoms with Gasteiger partial charge < -0.3 is 25.2 Å². The number of piperazine rings is 1. The Kier molecular flexibility index (Phi) is 9.82. The summed E-state index contributed by atoms with van der Waals surface area (Å²) in [5.41, 5.74) is 6.54. The molecule has 0 aliphatic carbocycles. The molecule has 236 valence electrons. The Balaban J connectivity index is 1.28. The zero-order valence-corrected chi connectivity index (χ0v) is 26.9. The molecule has 0 unspecified atom stereocenters. The lowest BCUT2D eigenvalue weighted by Gasteiger charge is -2.33. The minimum absolute atomic E-state index is 0.0120. The maximum atomic E-state index is 13.1. The van der Waals surface area contributed by atoms with Gasteiger partial charge in [0.15, 0.2) is 5.82 Å². The number of aliphatic hydroxyl groups excluding tert-OH is 1. The average Bonchev–Trinajstić information content (AvgIpc) is 3.03. The number of amides is 1. The predicted molar refractivity (Wildman–Crippen MR) is 181 cm³/mol. The van der Waals surface area contributed by atoms with E-state index in [1.807, 2.05) is 66.4 Å². The number of rotatable bonds is 9. The third kappa shape index (κ3) is 7.86. The van der Waals surface area contributed by atoms with Crippen LogP contribution < -0.4 is 16.2 Å². The monoisotopic (exact) mass is 608 g/mol. The number of aryl methyl sites for hydroxylation is 1. The van der Waals surface area contributed by atoms with Gasteiger partial charge in [-0.3, -0.25) is 14.5 Å². The van der Waals surface area contributed by atoms with Crippen LogP contribution in [0.15, 0.2) is 77.7 Å². The Hall–Kier alpha value is -4.31. The molecule has 45 heavy (non-hydrogen) atoms. The molecule has 2 heterocycles. The van der Waals surface area contributed by atoms with Crippen molar-refractivity contribution in [3.05, 3.63) is 106 Å². The summed E-state index contributed by atoms with van der Waals surface area (Å²) in [7, 11) is 1.71. The second-order valence-electron chi connectivity index (χ2n) is 12.8. The highest BCUT2D eigenvalue weighted by atomic mass is 16.3. The van der Waals surface area contributed by atoms with E-state index >= 15 is 0 Å². The number of nitrogens with one attached hydrogen (secondary N) is 2. The first kappa shape index (κ1) is 32.1. The van der Waals surface area contributed by atoms with Crippen molar-refractivity contribution in [1.29, 1.82) is 0 Å². The van der Waals surface area contributed by atoms with Crippen molar-refractivity contribution in [2.45, 2.75) is 39.5 Å².